The van der Waals surface area contributed by atoms with Crippen LogP contribution in [-0.2, 0) is 4.74 Å². The molecule has 2 aliphatic rings. The Kier molecular flexibility index (Phi) is 6.35. The first-order valence-electron chi connectivity index (χ1n) is 9.14. The van der Waals surface area contributed by atoms with Crippen molar-refractivity contribution < 1.29 is 4.74 Å². The Morgan fingerprint density at radius 1 is 1.10 bits per heavy atom. The second kappa shape index (κ2) is 7.79. The van der Waals surface area contributed by atoms with Gasteiger partial charge in [-0.3, -0.25) is 0 Å². The van der Waals surface area contributed by atoms with Crippen molar-refractivity contribution in [3.05, 3.63) is 0 Å². The van der Waals surface area contributed by atoms with E-state index in [0.717, 1.165) is 18.7 Å². The lowest BCUT2D eigenvalue weighted by atomic mass is 9.60. The van der Waals surface area contributed by atoms with Crippen molar-refractivity contribution in [2.24, 2.45) is 5.41 Å². The molecule has 0 aromatic carbocycles. The molecule has 3 atom stereocenters. The van der Waals surface area contributed by atoms with Crippen LogP contribution in [0, 0.1) is 5.41 Å². The van der Waals surface area contributed by atoms with Crippen molar-refractivity contribution >= 4 is 0 Å². The summed E-state index contributed by atoms with van der Waals surface area (Å²) in [4.78, 5) is 0. The van der Waals surface area contributed by atoms with Gasteiger partial charge in [-0.15, -0.1) is 0 Å². The van der Waals surface area contributed by atoms with Gasteiger partial charge in [0.05, 0.1) is 6.10 Å². The molecular weight excluding hydrogens is 246 g/mol. The first-order chi connectivity index (χ1) is 9.76. The lowest BCUT2D eigenvalue weighted by Gasteiger charge is -2.55. The number of unbranched alkanes of at least 4 members (excludes halogenated alkanes) is 1. The number of rotatable bonds is 9. The van der Waals surface area contributed by atoms with Gasteiger partial charge in [0.2, 0.25) is 0 Å². The number of nitrogens with one attached hydrogen (secondary N) is 1. The Bertz CT molecular complexity index is 273. The molecule has 0 amide bonds. The first kappa shape index (κ1) is 16.3. The van der Waals surface area contributed by atoms with Gasteiger partial charge in [-0.2, -0.15) is 0 Å². The lowest BCUT2D eigenvalue weighted by Crippen LogP contribution is -2.64. The highest BCUT2D eigenvalue weighted by atomic mass is 16.5. The molecule has 0 bridgehead atoms. The summed E-state index contributed by atoms with van der Waals surface area (Å²) in [6, 6.07) is 1.47. The maximum absolute atomic E-state index is 6.03. The summed E-state index contributed by atoms with van der Waals surface area (Å²) in [7, 11) is 0. The largest absolute Gasteiger partial charge is 0.378 e. The highest BCUT2D eigenvalue weighted by Gasteiger charge is 2.56. The Hall–Kier alpha value is -0.0800. The van der Waals surface area contributed by atoms with E-state index in [0.29, 0.717) is 11.5 Å². The van der Waals surface area contributed by atoms with Crippen LogP contribution in [0.4, 0.5) is 0 Å². The van der Waals surface area contributed by atoms with Crippen LogP contribution in [0.25, 0.3) is 0 Å². The maximum atomic E-state index is 6.03. The standard InChI is InChI=1S/C18H35NO/c1-4-7-11-15(10-5-2)19-16-14-17(20-6-3)18(16)12-8-9-13-18/h15-17,19H,4-14H2,1-3H3. The minimum absolute atomic E-state index is 0.494. The fourth-order valence-electron chi connectivity index (χ4n) is 4.51. The maximum Gasteiger partial charge on any atom is 0.0661 e. The molecule has 3 unspecified atom stereocenters. The number of hydrogen-bond donors (Lipinski definition) is 1. The molecule has 0 heterocycles. The van der Waals surface area contributed by atoms with Crippen molar-refractivity contribution in [2.75, 3.05) is 6.61 Å². The van der Waals surface area contributed by atoms with Crippen molar-refractivity contribution in [2.45, 2.75) is 103 Å². The molecule has 0 aliphatic heterocycles. The second-order valence-corrected chi connectivity index (χ2v) is 6.97. The zero-order valence-electron chi connectivity index (χ0n) is 13.9. The summed E-state index contributed by atoms with van der Waals surface area (Å²) in [6.07, 6.45) is 14.1. The fourth-order valence-corrected chi connectivity index (χ4v) is 4.51. The molecule has 20 heavy (non-hydrogen) atoms. The van der Waals surface area contributed by atoms with Gasteiger partial charge in [-0.1, -0.05) is 46.0 Å². The molecule has 2 nitrogen and oxygen atoms in total. The minimum atomic E-state index is 0.494. The predicted octanol–water partition coefficient (Wildman–Crippen LogP) is 4.67. The lowest BCUT2D eigenvalue weighted by molar-refractivity contribution is -0.133. The quantitative estimate of drug-likeness (QED) is 0.663. The van der Waals surface area contributed by atoms with E-state index in [2.05, 4.69) is 26.1 Å². The van der Waals surface area contributed by atoms with Crippen LogP contribution < -0.4 is 5.32 Å². The zero-order valence-corrected chi connectivity index (χ0v) is 13.9. The summed E-state index contributed by atoms with van der Waals surface area (Å²) in [6.45, 7) is 7.64. The van der Waals surface area contributed by atoms with Crippen LogP contribution in [0.1, 0.15) is 85.0 Å². The number of ether oxygens (including phenoxy) is 1. The molecule has 2 fully saturated rings. The van der Waals surface area contributed by atoms with Crippen molar-refractivity contribution in [3.8, 4) is 0 Å². The third kappa shape index (κ3) is 3.39. The van der Waals surface area contributed by atoms with E-state index in [9.17, 15) is 0 Å². The van der Waals surface area contributed by atoms with Gasteiger partial charge < -0.3 is 10.1 Å². The van der Waals surface area contributed by atoms with E-state index in [1.54, 1.807) is 0 Å². The van der Waals surface area contributed by atoms with Crippen LogP contribution in [0.3, 0.4) is 0 Å². The molecule has 1 N–H and O–H groups in total. The third-order valence-electron chi connectivity index (χ3n) is 5.67. The molecule has 118 valence electrons. The van der Waals surface area contributed by atoms with E-state index >= 15 is 0 Å². The predicted molar refractivity (Wildman–Crippen MR) is 86.1 cm³/mol. The Balaban J connectivity index is 1.90. The topological polar surface area (TPSA) is 21.3 Å². The van der Waals surface area contributed by atoms with E-state index in [1.165, 1.54) is 64.2 Å². The third-order valence-corrected chi connectivity index (χ3v) is 5.67. The van der Waals surface area contributed by atoms with Gasteiger partial charge in [-0.25, -0.2) is 0 Å². The highest BCUT2D eigenvalue weighted by Crippen LogP contribution is 2.54. The number of hydrogen-bond acceptors (Lipinski definition) is 2. The fraction of sp³-hybridized carbons (Fsp3) is 1.00. The minimum Gasteiger partial charge on any atom is -0.378 e. The van der Waals surface area contributed by atoms with Gasteiger partial charge >= 0.3 is 0 Å². The Morgan fingerprint density at radius 3 is 2.45 bits per heavy atom. The van der Waals surface area contributed by atoms with Crippen molar-refractivity contribution in [1.29, 1.82) is 0 Å². The molecular formula is C18H35NO. The van der Waals surface area contributed by atoms with E-state index in [4.69, 9.17) is 4.74 Å². The molecule has 0 radical (unpaired) electrons. The Morgan fingerprint density at radius 2 is 1.85 bits per heavy atom. The van der Waals surface area contributed by atoms with Crippen LogP contribution in [0.15, 0.2) is 0 Å². The van der Waals surface area contributed by atoms with Crippen LogP contribution in [-0.4, -0.2) is 24.8 Å². The van der Waals surface area contributed by atoms with Crippen molar-refractivity contribution in [1.82, 2.24) is 5.32 Å². The van der Waals surface area contributed by atoms with E-state index < -0.39 is 0 Å². The summed E-state index contributed by atoms with van der Waals surface area (Å²) in [5.74, 6) is 0. The smallest absolute Gasteiger partial charge is 0.0661 e. The Labute approximate surface area is 126 Å². The first-order valence-corrected chi connectivity index (χ1v) is 9.14. The summed E-state index contributed by atoms with van der Waals surface area (Å²) < 4.78 is 6.03. The molecule has 2 saturated carbocycles. The summed E-state index contributed by atoms with van der Waals surface area (Å²) >= 11 is 0. The average molecular weight is 281 g/mol. The molecule has 1 spiro atoms. The zero-order chi connectivity index (χ0) is 14.4. The highest BCUT2D eigenvalue weighted by molar-refractivity contribution is 5.10. The molecule has 2 heteroatoms. The van der Waals surface area contributed by atoms with Gasteiger partial charge in [0.25, 0.3) is 0 Å². The average Bonchev–Trinajstić information content (AvgIpc) is 2.96. The monoisotopic (exact) mass is 281 g/mol. The summed E-state index contributed by atoms with van der Waals surface area (Å²) in [5.41, 5.74) is 0.494. The molecule has 0 saturated heterocycles. The van der Waals surface area contributed by atoms with Gasteiger partial charge in [0.1, 0.15) is 0 Å². The molecule has 0 aromatic heterocycles. The van der Waals surface area contributed by atoms with Crippen LogP contribution in [0.2, 0.25) is 0 Å². The normalized spacial score (nSPS) is 29.6. The van der Waals surface area contributed by atoms with Crippen molar-refractivity contribution in [3.63, 3.8) is 0 Å². The van der Waals surface area contributed by atoms with Gasteiger partial charge in [-0.05, 0) is 39.0 Å². The van der Waals surface area contributed by atoms with Gasteiger partial charge in [0, 0.05) is 24.1 Å². The van der Waals surface area contributed by atoms with E-state index in [1.807, 2.05) is 0 Å². The van der Waals surface area contributed by atoms with Crippen LogP contribution >= 0.6 is 0 Å². The SMILES string of the molecule is CCCCC(CCC)NC1CC(OCC)C12CCCC2. The summed E-state index contributed by atoms with van der Waals surface area (Å²) in [5, 5.41) is 4.03. The van der Waals surface area contributed by atoms with Gasteiger partial charge in [0.15, 0.2) is 0 Å². The van der Waals surface area contributed by atoms with Crippen LogP contribution in [0.5, 0.6) is 0 Å². The van der Waals surface area contributed by atoms with E-state index in [-0.39, 0.29) is 0 Å². The molecule has 2 rings (SSSR count). The molecule has 2 aliphatic carbocycles. The molecule has 0 aromatic rings. The second-order valence-electron chi connectivity index (χ2n) is 6.97.